The molecule has 0 unspecified atom stereocenters. The van der Waals surface area contributed by atoms with Crippen molar-refractivity contribution in [3.8, 4) is 0 Å². The third kappa shape index (κ3) is 6.58. The highest BCUT2D eigenvalue weighted by Gasteiger charge is 2.13. The van der Waals surface area contributed by atoms with Crippen molar-refractivity contribution in [2.75, 3.05) is 29.9 Å². The Bertz CT molecular complexity index is 976. The molecule has 0 saturated heterocycles. The second kappa shape index (κ2) is 10.0. The van der Waals surface area contributed by atoms with Gasteiger partial charge >= 0.3 is 5.97 Å². The number of rotatable bonds is 9. The number of hydrogen-bond acceptors (Lipinski definition) is 6. The minimum absolute atomic E-state index is 0.0683. The molecule has 0 atom stereocenters. The fraction of sp³-hybridized carbons (Fsp3) is 0.300. The van der Waals surface area contributed by atoms with Gasteiger partial charge in [0.1, 0.15) is 0 Å². The molecule has 2 aromatic rings. The van der Waals surface area contributed by atoms with E-state index < -0.39 is 16.0 Å². The minimum atomic E-state index is -3.84. The zero-order chi connectivity index (χ0) is 21.4. The Morgan fingerprint density at radius 3 is 2.48 bits per heavy atom. The van der Waals surface area contributed by atoms with Gasteiger partial charge in [0.25, 0.3) is 0 Å². The van der Waals surface area contributed by atoms with E-state index in [-0.39, 0.29) is 17.2 Å². The van der Waals surface area contributed by atoms with Gasteiger partial charge in [-0.15, -0.1) is 0 Å². The lowest BCUT2D eigenvalue weighted by molar-refractivity contribution is -0.116. The molecular weight excluding hydrogens is 394 g/mol. The van der Waals surface area contributed by atoms with Crippen LogP contribution in [0.2, 0.25) is 0 Å². The summed E-state index contributed by atoms with van der Waals surface area (Å²) < 4.78 is 27.9. The van der Waals surface area contributed by atoms with Crippen molar-refractivity contribution in [3.63, 3.8) is 0 Å². The lowest BCUT2D eigenvalue weighted by Crippen LogP contribution is -2.27. The van der Waals surface area contributed by atoms with Gasteiger partial charge < -0.3 is 15.0 Å². The van der Waals surface area contributed by atoms with Crippen LogP contribution in [0.4, 0.5) is 11.4 Å². The van der Waals surface area contributed by atoms with E-state index in [0.717, 1.165) is 5.69 Å². The number of anilines is 2. The van der Waals surface area contributed by atoms with Gasteiger partial charge in [-0.3, -0.25) is 4.79 Å². The number of primary sulfonamides is 1. The molecule has 3 N–H and O–H groups in total. The first-order valence-corrected chi connectivity index (χ1v) is 10.7. The van der Waals surface area contributed by atoms with Gasteiger partial charge in [-0.1, -0.05) is 12.1 Å². The lowest BCUT2D eigenvalue weighted by Gasteiger charge is -2.23. The molecule has 8 nitrogen and oxygen atoms in total. The molecule has 0 aliphatic heterocycles. The van der Waals surface area contributed by atoms with Crippen molar-refractivity contribution in [3.05, 3.63) is 54.1 Å². The van der Waals surface area contributed by atoms with Crippen molar-refractivity contribution >= 4 is 33.3 Å². The largest absolute Gasteiger partial charge is 0.462 e. The Balaban J connectivity index is 2.01. The van der Waals surface area contributed by atoms with E-state index in [2.05, 4.69) is 5.32 Å². The summed E-state index contributed by atoms with van der Waals surface area (Å²) in [6.07, 6.45) is 0.178. The Labute approximate surface area is 170 Å². The van der Waals surface area contributed by atoms with Gasteiger partial charge in [-0.25, -0.2) is 18.4 Å². The van der Waals surface area contributed by atoms with Gasteiger partial charge in [0.15, 0.2) is 0 Å². The van der Waals surface area contributed by atoms with Gasteiger partial charge in [0.05, 0.1) is 17.1 Å². The highest BCUT2D eigenvalue weighted by atomic mass is 32.2. The molecule has 0 heterocycles. The van der Waals surface area contributed by atoms with Gasteiger partial charge in [-0.05, 0) is 50.2 Å². The number of carbonyl (C=O) groups excluding carboxylic acids is 2. The molecule has 1 amide bonds. The standard InChI is InChI=1S/C20H25N3O5S/c1-3-23(17-9-5-7-15(13-17)20(25)28-4-2)12-11-19(24)22-16-8-6-10-18(14-16)29(21,26)27/h5-10,13-14H,3-4,11-12H2,1-2H3,(H,22,24)(H2,21,26,27). The Hall–Kier alpha value is -2.91. The quantitative estimate of drug-likeness (QED) is 0.602. The van der Waals surface area contributed by atoms with Crippen LogP contribution >= 0.6 is 0 Å². The van der Waals surface area contributed by atoms with E-state index in [4.69, 9.17) is 9.88 Å². The van der Waals surface area contributed by atoms with Crippen LogP contribution in [0.3, 0.4) is 0 Å². The van der Waals surface area contributed by atoms with E-state index in [0.29, 0.717) is 30.9 Å². The summed E-state index contributed by atoms with van der Waals surface area (Å²) in [6, 6.07) is 12.8. The summed E-state index contributed by atoms with van der Waals surface area (Å²) in [7, 11) is -3.84. The Kier molecular flexibility index (Phi) is 7.74. The van der Waals surface area contributed by atoms with Crippen LogP contribution in [-0.2, 0) is 19.6 Å². The summed E-state index contributed by atoms with van der Waals surface area (Å²) in [6.45, 7) is 5.05. The van der Waals surface area contributed by atoms with Crippen molar-refractivity contribution in [1.82, 2.24) is 0 Å². The van der Waals surface area contributed by atoms with E-state index in [1.165, 1.54) is 18.2 Å². The molecule has 0 radical (unpaired) electrons. The third-order valence-corrected chi connectivity index (χ3v) is 5.07. The van der Waals surface area contributed by atoms with Crippen LogP contribution in [0.25, 0.3) is 0 Å². The Morgan fingerprint density at radius 2 is 1.83 bits per heavy atom. The molecule has 0 aromatic heterocycles. The smallest absolute Gasteiger partial charge is 0.338 e. The topological polar surface area (TPSA) is 119 Å². The number of nitrogens with zero attached hydrogens (tertiary/aromatic N) is 1. The fourth-order valence-electron chi connectivity index (χ4n) is 2.72. The van der Waals surface area contributed by atoms with Crippen LogP contribution in [0, 0.1) is 0 Å². The fourth-order valence-corrected chi connectivity index (χ4v) is 3.28. The molecule has 2 aromatic carbocycles. The van der Waals surface area contributed by atoms with Gasteiger partial charge in [0.2, 0.25) is 15.9 Å². The monoisotopic (exact) mass is 419 g/mol. The molecular formula is C20H25N3O5S. The number of ether oxygens (including phenoxy) is 1. The summed E-state index contributed by atoms with van der Waals surface area (Å²) in [5.74, 6) is -0.658. The zero-order valence-corrected chi connectivity index (χ0v) is 17.2. The van der Waals surface area contributed by atoms with Crippen molar-refractivity contribution < 1.29 is 22.7 Å². The molecule has 0 bridgehead atoms. The second-order valence-electron chi connectivity index (χ2n) is 6.22. The summed E-state index contributed by atoms with van der Waals surface area (Å²) in [5.41, 5.74) is 1.61. The molecule has 0 spiro atoms. The van der Waals surface area contributed by atoms with Gasteiger partial charge in [0, 0.05) is 30.9 Å². The average molecular weight is 420 g/mol. The third-order valence-electron chi connectivity index (χ3n) is 4.16. The van der Waals surface area contributed by atoms with E-state index in [1.807, 2.05) is 17.9 Å². The summed E-state index contributed by atoms with van der Waals surface area (Å²) in [4.78, 5) is 26.1. The normalized spacial score (nSPS) is 11.0. The summed E-state index contributed by atoms with van der Waals surface area (Å²) in [5, 5.41) is 7.78. The first-order valence-electron chi connectivity index (χ1n) is 9.19. The van der Waals surface area contributed by atoms with Crippen LogP contribution < -0.4 is 15.4 Å². The number of sulfonamides is 1. The lowest BCUT2D eigenvalue weighted by atomic mass is 10.2. The maximum atomic E-state index is 12.3. The number of nitrogens with one attached hydrogen (secondary N) is 1. The van der Waals surface area contributed by atoms with E-state index in [1.54, 1.807) is 31.2 Å². The highest BCUT2D eigenvalue weighted by Crippen LogP contribution is 2.18. The first kappa shape index (κ1) is 22.4. The van der Waals surface area contributed by atoms with E-state index >= 15 is 0 Å². The second-order valence-corrected chi connectivity index (χ2v) is 7.78. The predicted molar refractivity (Wildman–Crippen MR) is 111 cm³/mol. The Morgan fingerprint density at radius 1 is 1.10 bits per heavy atom. The average Bonchev–Trinajstić information content (AvgIpc) is 2.68. The van der Waals surface area contributed by atoms with Crippen LogP contribution in [0.15, 0.2) is 53.4 Å². The molecule has 0 aliphatic rings. The number of benzene rings is 2. The molecule has 29 heavy (non-hydrogen) atoms. The predicted octanol–water partition coefficient (Wildman–Crippen LogP) is 2.37. The van der Waals surface area contributed by atoms with Crippen molar-refractivity contribution in [2.24, 2.45) is 5.14 Å². The van der Waals surface area contributed by atoms with Crippen LogP contribution in [0.5, 0.6) is 0 Å². The number of carbonyl (C=O) groups is 2. The molecule has 156 valence electrons. The molecule has 0 fully saturated rings. The highest BCUT2D eigenvalue weighted by molar-refractivity contribution is 7.89. The zero-order valence-electron chi connectivity index (χ0n) is 16.4. The SMILES string of the molecule is CCOC(=O)c1cccc(N(CC)CCC(=O)Nc2cccc(S(N)(=O)=O)c2)c1. The first-order chi connectivity index (χ1) is 13.7. The molecule has 0 aliphatic carbocycles. The summed E-state index contributed by atoms with van der Waals surface area (Å²) >= 11 is 0. The van der Waals surface area contributed by atoms with E-state index in [9.17, 15) is 18.0 Å². The van der Waals surface area contributed by atoms with Crippen molar-refractivity contribution in [2.45, 2.75) is 25.2 Å². The maximum absolute atomic E-state index is 12.3. The van der Waals surface area contributed by atoms with Crippen molar-refractivity contribution in [1.29, 1.82) is 0 Å². The number of hydrogen-bond donors (Lipinski definition) is 2. The number of nitrogens with two attached hydrogens (primary N) is 1. The number of amides is 1. The van der Waals surface area contributed by atoms with Gasteiger partial charge in [-0.2, -0.15) is 0 Å². The van der Waals surface area contributed by atoms with Crippen LogP contribution in [-0.4, -0.2) is 40.0 Å². The van der Waals surface area contributed by atoms with Crippen LogP contribution in [0.1, 0.15) is 30.6 Å². The molecule has 0 saturated carbocycles. The number of esters is 1. The minimum Gasteiger partial charge on any atom is -0.462 e. The molecule has 2 rings (SSSR count). The maximum Gasteiger partial charge on any atom is 0.338 e. The molecule has 9 heteroatoms.